The van der Waals surface area contributed by atoms with Gasteiger partial charge in [0.2, 0.25) is 5.91 Å². The monoisotopic (exact) mass is 312 g/mol. The molecule has 1 aromatic carbocycles. The van der Waals surface area contributed by atoms with Gasteiger partial charge in [0.05, 0.1) is 6.61 Å². The average molecular weight is 313 g/mol. The Hall–Kier alpha value is -0.910. The van der Waals surface area contributed by atoms with E-state index in [1.807, 2.05) is 24.3 Å². The Morgan fingerprint density at radius 3 is 2.89 bits per heavy atom. The van der Waals surface area contributed by atoms with Crippen LogP contribution in [-0.2, 0) is 9.53 Å². The molecule has 5 heteroatoms. The van der Waals surface area contributed by atoms with Gasteiger partial charge in [-0.15, -0.1) is 0 Å². The lowest BCUT2D eigenvalue weighted by atomic mass is 10.1. The fourth-order valence-corrected chi connectivity index (χ4v) is 2.17. The lowest BCUT2D eigenvalue weighted by Gasteiger charge is -2.09. The van der Waals surface area contributed by atoms with Crippen LogP contribution in [0.5, 0.6) is 0 Å². The third kappa shape index (κ3) is 4.40. The average Bonchev–Trinajstić information content (AvgIpc) is 2.85. The van der Waals surface area contributed by atoms with E-state index in [0.29, 0.717) is 12.5 Å². The molecule has 1 aliphatic rings. The van der Waals surface area contributed by atoms with E-state index in [-0.39, 0.29) is 12.5 Å². The predicted molar refractivity (Wildman–Crippen MR) is 74.6 cm³/mol. The molecule has 18 heavy (non-hydrogen) atoms. The van der Waals surface area contributed by atoms with Crippen LogP contribution in [0.3, 0.4) is 0 Å². The van der Waals surface area contributed by atoms with Crippen molar-refractivity contribution in [3.8, 4) is 0 Å². The van der Waals surface area contributed by atoms with Crippen molar-refractivity contribution in [2.45, 2.75) is 6.42 Å². The number of benzene rings is 1. The van der Waals surface area contributed by atoms with Crippen LogP contribution in [0.1, 0.15) is 6.42 Å². The van der Waals surface area contributed by atoms with E-state index >= 15 is 0 Å². The molecule has 1 heterocycles. The second kappa shape index (κ2) is 6.87. The number of anilines is 1. The Morgan fingerprint density at radius 2 is 2.22 bits per heavy atom. The molecule has 0 saturated carbocycles. The van der Waals surface area contributed by atoms with Crippen molar-refractivity contribution in [3.05, 3.63) is 28.7 Å². The van der Waals surface area contributed by atoms with E-state index in [1.54, 1.807) is 0 Å². The first-order valence-electron chi connectivity index (χ1n) is 6.08. The van der Waals surface area contributed by atoms with Gasteiger partial charge in [-0.05, 0) is 43.1 Å². The van der Waals surface area contributed by atoms with Crippen molar-refractivity contribution < 1.29 is 9.53 Å². The normalized spacial score (nSPS) is 18.8. The zero-order chi connectivity index (χ0) is 12.8. The summed E-state index contributed by atoms with van der Waals surface area (Å²) in [5.41, 5.74) is 0.786. The summed E-state index contributed by atoms with van der Waals surface area (Å²) < 4.78 is 6.41. The summed E-state index contributed by atoms with van der Waals surface area (Å²) in [6.07, 6.45) is 1.13. The number of amides is 1. The number of hydrogen-bond acceptors (Lipinski definition) is 3. The summed E-state index contributed by atoms with van der Waals surface area (Å²) in [5.74, 6) is 0.439. The van der Waals surface area contributed by atoms with Crippen molar-refractivity contribution in [2.75, 3.05) is 31.6 Å². The molecule has 0 radical (unpaired) electrons. The van der Waals surface area contributed by atoms with Gasteiger partial charge < -0.3 is 15.4 Å². The highest BCUT2D eigenvalue weighted by atomic mass is 79.9. The molecule has 0 aliphatic carbocycles. The van der Waals surface area contributed by atoms with Crippen LogP contribution in [-0.4, -0.2) is 32.2 Å². The van der Waals surface area contributed by atoms with Crippen molar-refractivity contribution in [1.82, 2.24) is 5.32 Å². The molecule has 0 bridgehead atoms. The number of carbonyl (C=O) groups excluding carboxylic acids is 1. The SMILES string of the molecule is O=C(COCC1CCNC1)Nc1ccc(Br)cc1. The molecule has 1 saturated heterocycles. The molecular weight excluding hydrogens is 296 g/mol. The quantitative estimate of drug-likeness (QED) is 0.874. The van der Waals surface area contributed by atoms with Crippen molar-refractivity contribution in [3.63, 3.8) is 0 Å². The molecule has 0 spiro atoms. The first-order chi connectivity index (χ1) is 8.74. The number of rotatable bonds is 5. The summed E-state index contributed by atoms with van der Waals surface area (Å²) in [5, 5.41) is 6.06. The second-order valence-corrected chi connectivity index (χ2v) is 5.34. The van der Waals surface area contributed by atoms with Crippen LogP contribution in [0, 0.1) is 5.92 Å². The lowest BCUT2D eigenvalue weighted by Crippen LogP contribution is -2.21. The highest BCUT2D eigenvalue weighted by Crippen LogP contribution is 2.14. The summed E-state index contributed by atoms with van der Waals surface area (Å²) in [4.78, 5) is 11.6. The largest absolute Gasteiger partial charge is 0.371 e. The summed E-state index contributed by atoms with van der Waals surface area (Å²) >= 11 is 3.35. The maximum Gasteiger partial charge on any atom is 0.250 e. The van der Waals surface area contributed by atoms with E-state index in [4.69, 9.17) is 4.74 Å². The van der Waals surface area contributed by atoms with Crippen LogP contribution in [0.2, 0.25) is 0 Å². The molecule has 1 unspecified atom stereocenters. The van der Waals surface area contributed by atoms with Crippen LogP contribution >= 0.6 is 15.9 Å². The molecule has 1 aromatic rings. The van der Waals surface area contributed by atoms with Gasteiger partial charge in [0.25, 0.3) is 0 Å². The molecule has 1 fully saturated rings. The second-order valence-electron chi connectivity index (χ2n) is 4.43. The minimum Gasteiger partial charge on any atom is -0.371 e. The van der Waals surface area contributed by atoms with Crippen molar-refractivity contribution in [1.29, 1.82) is 0 Å². The third-order valence-electron chi connectivity index (χ3n) is 2.88. The Morgan fingerprint density at radius 1 is 1.44 bits per heavy atom. The highest BCUT2D eigenvalue weighted by molar-refractivity contribution is 9.10. The van der Waals surface area contributed by atoms with Gasteiger partial charge in [-0.3, -0.25) is 4.79 Å². The van der Waals surface area contributed by atoms with Gasteiger partial charge in [-0.25, -0.2) is 0 Å². The highest BCUT2D eigenvalue weighted by Gasteiger charge is 2.14. The van der Waals surface area contributed by atoms with E-state index in [2.05, 4.69) is 26.6 Å². The van der Waals surface area contributed by atoms with Gasteiger partial charge in [-0.2, -0.15) is 0 Å². The first-order valence-corrected chi connectivity index (χ1v) is 6.87. The standard InChI is InChI=1S/C13H17BrN2O2/c14-11-1-3-12(4-2-11)16-13(17)9-18-8-10-5-6-15-7-10/h1-4,10,15H,5-9H2,(H,16,17). The Kier molecular flexibility index (Phi) is 5.16. The van der Waals surface area contributed by atoms with Gasteiger partial charge in [0.1, 0.15) is 6.61 Å². The predicted octanol–water partition coefficient (Wildman–Crippen LogP) is 2.01. The molecule has 1 aliphatic heterocycles. The molecule has 1 amide bonds. The van der Waals surface area contributed by atoms with Crippen LogP contribution in [0.25, 0.3) is 0 Å². The van der Waals surface area contributed by atoms with Crippen LogP contribution < -0.4 is 10.6 Å². The minimum atomic E-state index is -0.108. The van der Waals surface area contributed by atoms with Crippen LogP contribution in [0.15, 0.2) is 28.7 Å². The van der Waals surface area contributed by atoms with E-state index < -0.39 is 0 Å². The summed E-state index contributed by atoms with van der Waals surface area (Å²) in [7, 11) is 0. The maximum atomic E-state index is 11.6. The van der Waals surface area contributed by atoms with Gasteiger partial charge in [-0.1, -0.05) is 15.9 Å². The number of halogens is 1. The Balaban J connectivity index is 1.66. The Labute approximate surface area is 115 Å². The van der Waals surface area contributed by atoms with Crippen molar-refractivity contribution in [2.24, 2.45) is 5.92 Å². The Bertz CT molecular complexity index is 388. The first kappa shape index (κ1) is 13.5. The topological polar surface area (TPSA) is 50.4 Å². The van der Waals surface area contributed by atoms with Crippen LogP contribution in [0.4, 0.5) is 5.69 Å². The number of carbonyl (C=O) groups is 1. The molecule has 1 atom stereocenters. The van der Waals surface area contributed by atoms with E-state index in [9.17, 15) is 4.79 Å². The number of hydrogen-bond donors (Lipinski definition) is 2. The molecular formula is C13H17BrN2O2. The van der Waals surface area contributed by atoms with Gasteiger partial charge >= 0.3 is 0 Å². The molecule has 2 rings (SSSR count). The summed E-state index contributed by atoms with van der Waals surface area (Å²) in [6, 6.07) is 7.48. The molecule has 98 valence electrons. The summed E-state index contributed by atoms with van der Waals surface area (Å²) in [6.45, 7) is 2.82. The number of ether oxygens (including phenoxy) is 1. The zero-order valence-electron chi connectivity index (χ0n) is 10.1. The minimum absolute atomic E-state index is 0.108. The molecule has 2 N–H and O–H groups in total. The van der Waals surface area contributed by atoms with E-state index in [0.717, 1.165) is 29.7 Å². The maximum absolute atomic E-state index is 11.6. The fraction of sp³-hybridized carbons (Fsp3) is 0.462. The smallest absolute Gasteiger partial charge is 0.250 e. The third-order valence-corrected chi connectivity index (χ3v) is 3.41. The molecule has 4 nitrogen and oxygen atoms in total. The number of nitrogens with one attached hydrogen (secondary N) is 2. The van der Waals surface area contributed by atoms with Gasteiger partial charge in [0, 0.05) is 16.7 Å². The molecule has 0 aromatic heterocycles. The van der Waals surface area contributed by atoms with Gasteiger partial charge in [0.15, 0.2) is 0 Å². The fourth-order valence-electron chi connectivity index (χ4n) is 1.91. The lowest BCUT2D eigenvalue weighted by molar-refractivity contribution is -0.121. The zero-order valence-corrected chi connectivity index (χ0v) is 11.7. The van der Waals surface area contributed by atoms with E-state index in [1.165, 1.54) is 0 Å². The van der Waals surface area contributed by atoms with Crippen molar-refractivity contribution >= 4 is 27.5 Å².